The molecule has 2 nitrogen and oxygen atoms in total. The van der Waals surface area contributed by atoms with Crippen molar-refractivity contribution < 1.29 is 5.11 Å². The van der Waals surface area contributed by atoms with E-state index in [0.29, 0.717) is 0 Å². The summed E-state index contributed by atoms with van der Waals surface area (Å²) in [7, 11) is 0. The second kappa shape index (κ2) is 3.59. The number of anilines is 1. The Morgan fingerprint density at radius 3 is 2.88 bits per heavy atom. The maximum Gasteiger partial charge on any atom is 0.125 e. The molecule has 2 aromatic rings. The molecule has 0 amide bonds. The maximum atomic E-state index is 10.9. The van der Waals surface area contributed by atoms with E-state index in [1.165, 1.54) is 11.1 Å². The van der Waals surface area contributed by atoms with Gasteiger partial charge in [-0.2, -0.15) is 0 Å². The van der Waals surface area contributed by atoms with Crippen molar-refractivity contribution in [3.63, 3.8) is 0 Å². The average Bonchev–Trinajstić information content (AvgIpc) is 2.85. The molecule has 3 N–H and O–H groups in total. The first-order valence-corrected chi connectivity index (χ1v) is 6.65. The Morgan fingerprint density at radius 1 is 1.35 bits per heavy atom. The van der Waals surface area contributed by atoms with Crippen molar-refractivity contribution in [1.82, 2.24) is 0 Å². The van der Waals surface area contributed by atoms with Crippen molar-refractivity contribution in [3.8, 4) is 0 Å². The molecule has 1 aliphatic rings. The van der Waals surface area contributed by atoms with E-state index in [2.05, 4.69) is 13.0 Å². The average molecular weight is 245 g/mol. The first-order chi connectivity index (χ1) is 8.11. The minimum Gasteiger partial charge on any atom is -0.399 e. The van der Waals surface area contributed by atoms with Crippen LogP contribution < -0.4 is 5.73 Å². The summed E-state index contributed by atoms with van der Waals surface area (Å²) in [6, 6.07) is 7.89. The number of aryl methyl sites for hydroxylation is 2. The van der Waals surface area contributed by atoms with Gasteiger partial charge in [0.05, 0.1) is 0 Å². The molecule has 0 aliphatic heterocycles. The first-order valence-electron chi connectivity index (χ1n) is 5.77. The highest BCUT2D eigenvalue weighted by Gasteiger charge is 2.40. The van der Waals surface area contributed by atoms with Crippen LogP contribution in [0.3, 0.4) is 0 Å². The van der Waals surface area contributed by atoms with E-state index >= 15 is 0 Å². The summed E-state index contributed by atoms with van der Waals surface area (Å²) in [6.45, 7) is 2.05. The Morgan fingerprint density at radius 2 is 2.18 bits per heavy atom. The van der Waals surface area contributed by atoms with Crippen LogP contribution in [0.2, 0.25) is 0 Å². The van der Waals surface area contributed by atoms with E-state index in [1.54, 1.807) is 11.3 Å². The van der Waals surface area contributed by atoms with Gasteiger partial charge < -0.3 is 10.8 Å². The number of nitrogens with two attached hydrogens (primary N) is 1. The fraction of sp³-hybridized carbons (Fsp3) is 0.286. The lowest BCUT2D eigenvalue weighted by Gasteiger charge is -2.24. The van der Waals surface area contributed by atoms with Gasteiger partial charge in [-0.25, -0.2) is 0 Å². The highest BCUT2D eigenvalue weighted by Crippen LogP contribution is 2.45. The van der Waals surface area contributed by atoms with E-state index in [0.717, 1.165) is 29.0 Å². The third-order valence-corrected chi connectivity index (χ3v) is 4.74. The minimum absolute atomic E-state index is 0.757. The number of fused-ring (bicyclic) bond motifs is 1. The Hall–Kier alpha value is -1.32. The fourth-order valence-corrected chi connectivity index (χ4v) is 3.78. The van der Waals surface area contributed by atoms with Crippen LogP contribution in [0.1, 0.15) is 28.0 Å². The van der Waals surface area contributed by atoms with Crippen molar-refractivity contribution in [2.75, 3.05) is 5.73 Å². The maximum absolute atomic E-state index is 10.9. The molecular weight excluding hydrogens is 230 g/mol. The molecule has 0 saturated carbocycles. The van der Waals surface area contributed by atoms with Crippen LogP contribution in [0.15, 0.2) is 29.6 Å². The van der Waals surface area contributed by atoms with Crippen molar-refractivity contribution in [3.05, 3.63) is 51.2 Å². The summed E-state index contributed by atoms with van der Waals surface area (Å²) in [4.78, 5) is 1.07. The molecule has 3 heteroatoms. The van der Waals surface area contributed by atoms with Crippen LogP contribution in [-0.2, 0) is 12.0 Å². The summed E-state index contributed by atoms with van der Waals surface area (Å²) < 4.78 is 0. The van der Waals surface area contributed by atoms with Gasteiger partial charge in [0.25, 0.3) is 0 Å². The van der Waals surface area contributed by atoms with Gasteiger partial charge >= 0.3 is 0 Å². The number of hydrogen-bond donors (Lipinski definition) is 2. The third kappa shape index (κ3) is 1.50. The van der Waals surface area contributed by atoms with Crippen molar-refractivity contribution in [2.24, 2.45) is 0 Å². The number of aliphatic hydroxyl groups is 1. The number of thiophene rings is 1. The second-order valence-electron chi connectivity index (χ2n) is 4.71. The summed E-state index contributed by atoms with van der Waals surface area (Å²) in [5.74, 6) is 0. The monoisotopic (exact) mass is 245 g/mol. The Kier molecular flexibility index (Phi) is 2.28. The van der Waals surface area contributed by atoms with Crippen LogP contribution in [0, 0.1) is 6.92 Å². The molecule has 0 spiro atoms. The summed E-state index contributed by atoms with van der Waals surface area (Å²) in [6.07, 6.45) is 1.65. The zero-order chi connectivity index (χ0) is 12.0. The van der Waals surface area contributed by atoms with E-state index in [1.807, 2.05) is 23.6 Å². The molecule has 1 aromatic carbocycles. The minimum atomic E-state index is -0.804. The highest BCUT2D eigenvalue weighted by molar-refractivity contribution is 7.10. The van der Waals surface area contributed by atoms with E-state index in [-0.39, 0.29) is 0 Å². The molecular formula is C14H15NOS. The van der Waals surface area contributed by atoms with Gasteiger partial charge in [-0.05, 0) is 60.0 Å². The van der Waals surface area contributed by atoms with Gasteiger partial charge in [0.1, 0.15) is 5.60 Å². The predicted octanol–water partition coefficient (Wildman–Crippen LogP) is 2.82. The Balaban J connectivity index is 2.17. The molecule has 1 aromatic heterocycles. The molecule has 0 radical (unpaired) electrons. The lowest BCUT2D eigenvalue weighted by Crippen LogP contribution is -2.23. The Bertz CT molecular complexity index is 575. The van der Waals surface area contributed by atoms with Crippen LogP contribution in [0.4, 0.5) is 5.69 Å². The highest BCUT2D eigenvalue weighted by atomic mass is 32.1. The Labute approximate surface area is 105 Å². The molecule has 88 valence electrons. The van der Waals surface area contributed by atoms with E-state index < -0.39 is 5.60 Å². The lowest BCUT2D eigenvalue weighted by molar-refractivity contribution is 0.0862. The van der Waals surface area contributed by atoms with Crippen LogP contribution in [0.5, 0.6) is 0 Å². The van der Waals surface area contributed by atoms with Gasteiger partial charge in [0.15, 0.2) is 0 Å². The van der Waals surface area contributed by atoms with Crippen molar-refractivity contribution in [2.45, 2.75) is 25.4 Å². The second-order valence-corrected chi connectivity index (χ2v) is 5.63. The number of hydrogen-bond acceptors (Lipinski definition) is 3. The zero-order valence-electron chi connectivity index (χ0n) is 9.73. The number of nitrogen functional groups attached to an aromatic ring is 1. The predicted molar refractivity (Wildman–Crippen MR) is 71.2 cm³/mol. The number of rotatable bonds is 1. The van der Waals surface area contributed by atoms with Crippen LogP contribution >= 0.6 is 11.3 Å². The molecule has 3 rings (SSSR count). The molecule has 1 heterocycles. The number of benzene rings is 1. The molecule has 1 aliphatic carbocycles. The first kappa shape index (κ1) is 10.8. The molecule has 0 bridgehead atoms. The van der Waals surface area contributed by atoms with Gasteiger partial charge in [-0.15, -0.1) is 11.3 Å². The summed E-state index contributed by atoms with van der Waals surface area (Å²) in [5, 5.41) is 13.0. The quantitative estimate of drug-likeness (QED) is 0.759. The molecule has 1 atom stereocenters. The molecule has 0 fully saturated rings. The molecule has 17 heavy (non-hydrogen) atoms. The van der Waals surface area contributed by atoms with Gasteiger partial charge in [0, 0.05) is 10.6 Å². The standard InChI is InChI=1S/C14H15NOS/c1-9-5-7-17-13(9)14(16)6-4-10-8-11(15)2-3-12(10)14/h2-3,5,7-8,16H,4,6,15H2,1H3. The van der Waals surface area contributed by atoms with Gasteiger partial charge in [0.2, 0.25) is 0 Å². The van der Waals surface area contributed by atoms with Crippen molar-refractivity contribution in [1.29, 1.82) is 0 Å². The van der Waals surface area contributed by atoms with Crippen LogP contribution in [-0.4, -0.2) is 5.11 Å². The van der Waals surface area contributed by atoms with Crippen LogP contribution in [0.25, 0.3) is 0 Å². The summed E-state index contributed by atoms with van der Waals surface area (Å²) >= 11 is 1.63. The lowest BCUT2D eigenvalue weighted by atomic mass is 9.92. The van der Waals surface area contributed by atoms with Crippen molar-refractivity contribution >= 4 is 17.0 Å². The van der Waals surface area contributed by atoms with Gasteiger partial charge in [-0.1, -0.05) is 6.07 Å². The fourth-order valence-electron chi connectivity index (χ4n) is 2.71. The molecule has 1 unspecified atom stereocenters. The zero-order valence-corrected chi connectivity index (χ0v) is 10.6. The third-order valence-electron chi connectivity index (χ3n) is 3.57. The summed E-state index contributed by atoms with van der Waals surface area (Å²) in [5.41, 5.74) is 9.13. The smallest absolute Gasteiger partial charge is 0.125 e. The topological polar surface area (TPSA) is 46.2 Å². The van der Waals surface area contributed by atoms with E-state index in [9.17, 15) is 5.11 Å². The normalized spacial score (nSPS) is 22.7. The molecule has 0 saturated heterocycles. The SMILES string of the molecule is Cc1ccsc1C1(O)CCc2cc(N)ccc21. The van der Waals surface area contributed by atoms with Gasteiger partial charge in [-0.3, -0.25) is 0 Å². The largest absolute Gasteiger partial charge is 0.399 e. The van der Waals surface area contributed by atoms with E-state index in [4.69, 9.17) is 5.73 Å².